The topological polar surface area (TPSA) is 126 Å². The number of ether oxygens (including phenoxy) is 1. The number of rotatable bonds is 2. The van der Waals surface area contributed by atoms with E-state index in [1.165, 1.54) is 0 Å². The number of nitrogen functional groups attached to an aromatic ring is 1. The summed E-state index contributed by atoms with van der Waals surface area (Å²) in [6.07, 6.45) is 4.26. The molecule has 0 amide bonds. The van der Waals surface area contributed by atoms with Gasteiger partial charge >= 0.3 is 0 Å². The summed E-state index contributed by atoms with van der Waals surface area (Å²) < 4.78 is 11.8. The summed E-state index contributed by atoms with van der Waals surface area (Å²) in [4.78, 5) is 12.5. The van der Waals surface area contributed by atoms with Gasteiger partial charge in [-0.25, -0.2) is 0 Å². The number of allylic oxidation sites excluding steroid dienone is 1. The molecule has 1 aromatic heterocycles. The number of aliphatic hydroxyl groups is 2. The molecule has 7 heteroatoms. The Morgan fingerprint density at radius 3 is 2.68 bits per heavy atom. The van der Waals surface area contributed by atoms with Crippen LogP contribution < -0.4 is 15.9 Å². The monoisotopic (exact) mass is 421 g/mol. The quantitative estimate of drug-likeness (QED) is 0.370. The van der Waals surface area contributed by atoms with Crippen LogP contribution in [0, 0.1) is 0 Å². The van der Waals surface area contributed by atoms with Gasteiger partial charge in [0, 0.05) is 42.1 Å². The van der Waals surface area contributed by atoms with Crippen molar-refractivity contribution < 1.29 is 24.5 Å². The summed E-state index contributed by atoms with van der Waals surface area (Å²) in [5.74, 6) is 0.192. The van der Waals surface area contributed by atoms with Crippen LogP contribution in [0.2, 0.25) is 0 Å². The molecule has 2 heterocycles. The van der Waals surface area contributed by atoms with Crippen LogP contribution in [0.1, 0.15) is 36.1 Å². The Bertz CT molecular complexity index is 1280. The second-order valence-electron chi connectivity index (χ2n) is 8.58. The number of phenols is 1. The predicted octanol–water partition coefficient (Wildman–Crippen LogP) is 2.74. The van der Waals surface area contributed by atoms with Crippen LogP contribution in [0.15, 0.2) is 57.8 Å². The fraction of sp³-hybridized carbons (Fsp3) is 0.292. The van der Waals surface area contributed by atoms with E-state index in [9.17, 15) is 20.1 Å². The number of aromatic hydroxyl groups is 1. The molecule has 0 spiro atoms. The number of hydrogen-bond acceptors (Lipinski definition) is 7. The highest BCUT2D eigenvalue weighted by molar-refractivity contribution is 5.87. The molecule has 5 N–H and O–H groups in total. The maximum atomic E-state index is 12.5. The van der Waals surface area contributed by atoms with Crippen molar-refractivity contribution in [1.29, 1.82) is 0 Å². The van der Waals surface area contributed by atoms with E-state index in [1.807, 2.05) is 37.3 Å². The summed E-state index contributed by atoms with van der Waals surface area (Å²) in [5, 5.41) is 31.7. The van der Waals surface area contributed by atoms with Gasteiger partial charge in [0.15, 0.2) is 5.43 Å². The van der Waals surface area contributed by atoms with E-state index in [-0.39, 0.29) is 34.8 Å². The van der Waals surface area contributed by atoms with Gasteiger partial charge in [-0.3, -0.25) is 4.79 Å². The summed E-state index contributed by atoms with van der Waals surface area (Å²) >= 11 is 0. The number of phenolic OH excluding ortho intramolecular Hbond substituents is 1. The van der Waals surface area contributed by atoms with Gasteiger partial charge in [-0.2, -0.15) is 0 Å². The number of benzene rings is 2. The third-order valence-corrected chi connectivity index (χ3v) is 6.54. The predicted molar refractivity (Wildman–Crippen MR) is 115 cm³/mol. The fourth-order valence-corrected chi connectivity index (χ4v) is 4.69. The molecular weight excluding hydrogens is 398 g/mol. The molecule has 1 aliphatic heterocycles. The van der Waals surface area contributed by atoms with Gasteiger partial charge in [-0.15, -0.1) is 0 Å². The van der Waals surface area contributed by atoms with Crippen molar-refractivity contribution in [3.8, 4) is 11.5 Å². The Hall–Kier alpha value is -3.29. The molecule has 0 saturated carbocycles. The molecule has 0 radical (unpaired) electrons. The van der Waals surface area contributed by atoms with Gasteiger partial charge in [0.05, 0.1) is 0 Å². The molecule has 3 atom stereocenters. The Balaban J connectivity index is 1.61. The van der Waals surface area contributed by atoms with E-state index in [2.05, 4.69) is 0 Å². The number of anilines is 1. The van der Waals surface area contributed by atoms with Crippen LogP contribution in [0.3, 0.4) is 0 Å². The molecule has 31 heavy (non-hydrogen) atoms. The molecule has 0 saturated heterocycles. The molecule has 160 valence electrons. The van der Waals surface area contributed by atoms with Gasteiger partial charge < -0.3 is 30.2 Å². The van der Waals surface area contributed by atoms with Crippen LogP contribution in [0.4, 0.5) is 5.69 Å². The molecule has 1 aliphatic carbocycles. The van der Waals surface area contributed by atoms with Gasteiger partial charge in [0.1, 0.15) is 46.0 Å². The van der Waals surface area contributed by atoms with Crippen LogP contribution in [-0.2, 0) is 13.0 Å². The normalized spacial score (nSPS) is 26.9. The molecule has 3 aromatic rings. The van der Waals surface area contributed by atoms with Crippen molar-refractivity contribution in [2.24, 2.45) is 0 Å². The first-order chi connectivity index (χ1) is 14.7. The first-order valence-corrected chi connectivity index (χ1v) is 10.1. The minimum absolute atomic E-state index is 0.00583. The minimum Gasteiger partial charge on any atom is -0.507 e. The van der Waals surface area contributed by atoms with E-state index in [1.54, 1.807) is 12.1 Å². The van der Waals surface area contributed by atoms with Crippen LogP contribution >= 0.6 is 0 Å². The van der Waals surface area contributed by atoms with E-state index >= 15 is 0 Å². The zero-order chi connectivity index (χ0) is 22.0. The second kappa shape index (κ2) is 6.60. The maximum absolute atomic E-state index is 12.5. The lowest BCUT2D eigenvalue weighted by Gasteiger charge is -2.50. The molecular formula is C24H23NO6. The fourth-order valence-electron chi connectivity index (χ4n) is 4.69. The van der Waals surface area contributed by atoms with E-state index < -0.39 is 23.2 Å². The van der Waals surface area contributed by atoms with E-state index in [0.717, 1.165) is 11.6 Å². The van der Waals surface area contributed by atoms with Gasteiger partial charge in [-0.05, 0) is 24.6 Å². The molecule has 0 bridgehead atoms. The SMILES string of the molecule is CC12CC(c3ccc(N)cc3)C=CC1(O)Cc1c(cc3oc(CO)cc(=O)c3c1O)O2. The van der Waals surface area contributed by atoms with Crippen LogP contribution in [-0.4, -0.2) is 26.5 Å². The molecule has 2 aliphatic rings. The van der Waals surface area contributed by atoms with Crippen molar-refractivity contribution in [2.45, 2.75) is 43.5 Å². The summed E-state index contributed by atoms with van der Waals surface area (Å²) in [5.41, 5.74) is 5.22. The Morgan fingerprint density at radius 2 is 1.97 bits per heavy atom. The summed E-state index contributed by atoms with van der Waals surface area (Å²) in [7, 11) is 0. The molecule has 2 aromatic carbocycles. The van der Waals surface area contributed by atoms with E-state index in [4.69, 9.17) is 14.9 Å². The second-order valence-corrected chi connectivity index (χ2v) is 8.58. The highest BCUT2D eigenvalue weighted by atomic mass is 16.5. The lowest BCUT2D eigenvalue weighted by Crippen LogP contribution is -2.60. The zero-order valence-corrected chi connectivity index (χ0v) is 17.0. The van der Waals surface area contributed by atoms with Crippen molar-refractivity contribution in [3.63, 3.8) is 0 Å². The Kier molecular flexibility index (Phi) is 4.19. The van der Waals surface area contributed by atoms with Crippen molar-refractivity contribution in [1.82, 2.24) is 0 Å². The van der Waals surface area contributed by atoms with E-state index in [0.29, 0.717) is 23.4 Å². The van der Waals surface area contributed by atoms with Crippen LogP contribution in [0.25, 0.3) is 11.0 Å². The standard InChI is InChI=1S/C24H23NO6/c1-23-10-14(13-2-4-15(25)5-3-13)6-7-24(23,29)11-17-19(31-23)9-20-21(22(17)28)18(27)8-16(12-26)30-20/h2-9,14,26,28-29H,10-12,25H2,1H3. The largest absolute Gasteiger partial charge is 0.507 e. The lowest BCUT2D eigenvalue weighted by atomic mass is 9.67. The number of nitrogens with two attached hydrogens (primary N) is 1. The smallest absolute Gasteiger partial charge is 0.196 e. The summed E-state index contributed by atoms with van der Waals surface area (Å²) in [6.45, 7) is 1.40. The van der Waals surface area contributed by atoms with Crippen molar-refractivity contribution >= 4 is 16.7 Å². The third-order valence-electron chi connectivity index (χ3n) is 6.54. The third kappa shape index (κ3) is 2.92. The maximum Gasteiger partial charge on any atom is 0.196 e. The average molecular weight is 421 g/mol. The average Bonchev–Trinajstić information content (AvgIpc) is 2.73. The minimum atomic E-state index is -1.36. The van der Waals surface area contributed by atoms with Gasteiger partial charge in [-0.1, -0.05) is 24.3 Å². The molecule has 3 unspecified atom stereocenters. The Morgan fingerprint density at radius 1 is 1.23 bits per heavy atom. The van der Waals surface area contributed by atoms with Gasteiger partial charge in [0.25, 0.3) is 0 Å². The number of fused-ring (bicyclic) bond motifs is 3. The lowest BCUT2D eigenvalue weighted by molar-refractivity contribution is -0.117. The number of hydrogen-bond donors (Lipinski definition) is 4. The highest BCUT2D eigenvalue weighted by Crippen LogP contribution is 2.51. The Labute approximate surface area is 178 Å². The van der Waals surface area contributed by atoms with Crippen molar-refractivity contribution in [2.75, 3.05) is 5.73 Å². The van der Waals surface area contributed by atoms with Crippen molar-refractivity contribution in [3.05, 3.63) is 75.7 Å². The highest BCUT2D eigenvalue weighted by Gasteiger charge is 2.54. The molecule has 0 fully saturated rings. The van der Waals surface area contributed by atoms with Crippen LogP contribution in [0.5, 0.6) is 11.5 Å². The first-order valence-electron chi connectivity index (χ1n) is 10.1. The number of aliphatic hydroxyl groups excluding tert-OH is 1. The molecule has 5 rings (SSSR count). The molecule has 7 nitrogen and oxygen atoms in total. The zero-order valence-electron chi connectivity index (χ0n) is 17.0. The first kappa shape index (κ1) is 19.7. The summed E-state index contributed by atoms with van der Waals surface area (Å²) in [6, 6.07) is 10.3. The van der Waals surface area contributed by atoms with Gasteiger partial charge in [0.2, 0.25) is 0 Å².